The summed E-state index contributed by atoms with van der Waals surface area (Å²) in [5.74, 6) is 0. The van der Waals surface area contributed by atoms with Gasteiger partial charge in [0.15, 0.2) is 0 Å². The lowest BCUT2D eigenvalue weighted by atomic mass is 9.87. The maximum atomic E-state index is 5.70. The van der Waals surface area contributed by atoms with Crippen LogP contribution in [0.3, 0.4) is 0 Å². The van der Waals surface area contributed by atoms with Gasteiger partial charge in [0.2, 0.25) is 0 Å². The molecule has 4 nitrogen and oxygen atoms in total. The van der Waals surface area contributed by atoms with Gasteiger partial charge >= 0.3 is 0 Å². The van der Waals surface area contributed by atoms with Crippen molar-refractivity contribution in [2.75, 3.05) is 13.7 Å². The van der Waals surface area contributed by atoms with Crippen molar-refractivity contribution >= 4 is 0 Å². The zero-order chi connectivity index (χ0) is 11.8. The van der Waals surface area contributed by atoms with Crippen LogP contribution in [0.2, 0.25) is 0 Å². The average Bonchev–Trinajstić information content (AvgIpc) is 2.70. The van der Waals surface area contributed by atoms with E-state index in [9.17, 15) is 0 Å². The largest absolute Gasteiger partial charge is 0.376 e. The van der Waals surface area contributed by atoms with E-state index in [0.717, 1.165) is 19.4 Å². The highest BCUT2D eigenvalue weighted by Gasteiger charge is 2.38. The van der Waals surface area contributed by atoms with Crippen molar-refractivity contribution in [2.24, 2.45) is 7.05 Å². The highest BCUT2D eigenvalue weighted by Crippen LogP contribution is 2.34. The topological polar surface area (TPSA) is 39.1 Å². The summed E-state index contributed by atoms with van der Waals surface area (Å²) < 4.78 is 7.81. The highest BCUT2D eigenvalue weighted by molar-refractivity contribution is 5.24. The summed E-state index contributed by atoms with van der Waals surface area (Å²) in [6.07, 6.45) is 3.89. The highest BCUT2D eigenvalue weighted by atomic mass is 16.5. The van der Waals surface area contributed by atoms with Crippen molar-refractivity contribution in [1.29, 1.82) is 0 Å². The van der Waals surface area contributed by atoms with Crippen molar-refractivity contribution < 1.29 is 4.74 Å². The van der Waals surface area contributed by atoms with Crippen molar-refractivity contribution in [3.8, 4) is 0 Å². The number of fused-ring (bicyclic) bond motifs is 1. The van der Waals surface area contributed by atoms with Gasteiger partial charge in [-0.3, -0.25) is 0 Å². The van der Waals surface area contributed by atoms with Crippen LogP contribution in [0.5, 0.6) is 0 Å². The first kappa shape index (κ1) is 11.6. The minimum atomic E-state index is -0.164. The molecule has 16 heavy (non-hydrogen) atoms. The lowest BCUT2D eigenvalue weighted by molar-refractivity contribution is -0.0335. The first-order chi connectivity index (χ1) is 7.62. The predicted octanol–water partition coefficient (Wildman–Crippen LogP) is 1.42. The van der Waals surface area contributed by atoms with Gasteiger partial charge < -0.3 is 14.6 Å². The van der Waals surface area contributed by atoms with Crippen LogP contribution in [-0.2, 0) is 18.2 Å². The molecule has 0 aromatic carbocycles. The van der Waals surface area contributed by atoms with Crippen molar-refractivity contribution in [3.05, 3.63) is 17.7 Å². The molecule has 1 aliphatic heterocycles. The summed E-state index contributed by atoms with van der Waals surface area (Å²) in [5, 5.41) is 3.56. The predicted molar refractivity (Wildman–Crippen MR) is 63.4 cm³/mol. The Morgan fingerprint density at radius 2 is 2.44 bits per heavy atom. The zero-order valence-electron chi connectivity index (χ0n) is 10.6. The summed E-state index contributed by atoms with van der Waals surface area (Å²) >= 11 is 0. The van der Waals surface area contributed by atoms with Crippen LogP contribution in [0, 0.1) is 0 Å². The number of hydrogen-bond acceptors (Lipinski definition) is 3. The van der Waals surface area contributed by atoms with Gasteiger partial charge in [-0.05, 0) is 13.3 Å². The van der Waals surface area contributed by atoms with Gasteiger partial charge in [0.1, 0.15) is 0 Å². The lowest BCUT2D eigenvalue weighted by Gasteiger charge is -2.39. The smallest absolute Gasteiger partial charge is 0.0949 e. The van der Waals surface area contributed by atoms with Crippen molar-refractivity contribution in [3.63, 3.8) is 0 Å². The van der Waals surface area contributed by atoms with Gasteiger partial charge in [-0.25, -0.2) is 4.98 Å². The van der Waals surface area contributed by atoms with E-state index in [2.05, 4.69) is 35.8 Å². The summed E-state index contributed by atoms with van der Waals surface area (Å²) in [5.41, 5.74) is 2.32. The fraction of sp³-hybridized carbons (Fsp3) is 0.750. The molecule has 0 saturated heterocycles. The van der Waals surface area contributed by atoms with E-state index >= 15 is 0 Å². The van der Waals surface area contributed by atoms with Crippen LogP contribution in [0.15, 0.2) is 6.33 Å². The van der Waals surface area contributed by atoms with Gasteiger partial charge in [0, 0.05) is 27.1 Å². The maximum absolute atomic E-state index is 5.70. The summed E-state index contributed by atoms with van der Waals surface area (Å²) in [7, 11) is 3.84. The van der Waals surface area contributed by atoms with E-state index in [4.69, 9.17) is 4.74 Å². The molecule has 0 spiro atoms. The van der Waals surface area contributed by atoms with Crippen LogP contribution in [0.25, 0.3) is 0 Å². The molecule has 0 aliphatic carbocycles. The quantitative estimate of drug-likeness (QED) is 0.842. The number of hydrogen-bond donors (Lipinski definition) is 1. The van der Waals surface area contributed by atoms with Gasteiger partial charge in [-0.1, -0.05) is 6.92 Å². The molecule has 2 heterocycles. The van der Waals surface area contributed by atoms with Crippen LogP contribution in [0.4, 0.5) is 0 Å². The molecule has 2 unspecified atom stereocenters. The Morgan fingerprint density at radius 1 is 1.69 bits per heavy atom. The maximum Gasteiger partial charge on any atom is 0.0949 e. The van der Waals surface area contributed by atoms with E-state index in [1.165, 1.54) is 11.4 Å². The molecule has 2 atom stereocenters. The molecule has 0 bridgehead atoms. The standard InChI is InChI=1S/C12H21N3O/c1-5-12(2,16-4)11-10-9(6-7-13-11)14-8-15(10)3/h8,11,13H,5-7H2,1-4H3. The fourth-order valence-electron chi connectivity index (χ4n) is 2.45. The van der Waals surface area contributed by atoms with Crippen LogP contribution < -0.4 is 5.32 Å². The minimum absolute atomic E-state index is 0.164. The van der Waals surface area contributed by atoms with Crippen molar-refractivity contribution in [2.45, 2.75) is 38.3 Å². The Labute approximate surface area is 97.0 Å². The summed E-state index contributed by atoms with van der Waals surface area (Å²) in [4.78, 5) is 4.46. The normalized spacial score (nSPS) is 23.9. The fourth-order valence-corrected chi connectivity index (χ4v) is 2.45. The number of aryl methyl sites for hydroxylation is 1. The SMILES string of the molecule is CCC(C)(OC)C1NCCc2ncn(C)c21. The number of imidazole rings is 1. The van der Waals surface area contributed by atoms with E-state index in [0.29, 0.717) is 0 Å². The number of ether oxygens (including phenoxy) is 1. The molecular weight excluding hydrogens is 202 g/mol. The van der Waals surface area contributed by atoms with Gasteiger partial charge in [0.05, 0.1) is 29.4 Å². The average molecular weight is 223 g/mol. The van der Waals surface area contributed by atoms with Crippen LogP contribution in [0.1, 0.15) is 37.7 Å². The molecular formula is C12H21N3O. The van der Waals surface area contributed by atoms with Crippen LogP contribution in [-0.4, -0.2) is 28.8 Å². The summed E-state index contributed by atoms with van der Waals surface area (Å²) in [6, 6.07) is 0.235. The Morgan fingerprint density at radius 3 is 3.06 bits per heavy atom. The number of aromatic nitrogens is 2. The number of nitrogens with zero attached hydrogens (tertiary/aromatic N) is 2. The second kappa shape index (κ2) is 4.18. The molecule has 4 heteroatoms. The first-order valence-corrected chi connectivity index (χ1v) is 5.91. The minimum Gasteiger partial charge on any atom is -0.376 e. The third-order valence-electron chi connectivity index (χ3n) is 3.83. The number of nitrogens with one attached hydrogen (secondary N) is 1. The van der Waals surface area contributed by atoms with E-state index in [1.807, 2.05) is 6.33 Å². The molecule has 2 rings (SSSR count). The molecule has 0 radical (unpaired) electrons. The van der Waals surface area contributed by atoms with Gasteiger partial charge in [-0.2, -0.15) is 0 Å². The third-order valence-corrected chi connectivity index (χ3v) is 3.83. The third kappa shape index (κ3) is 1.66. The monoisotopic (exact) mass is 223 g/mol. The van der Waals surface area contributed by atoms with E-state index in [-0.39, 0.29) is 11.6 Å². The molecule has 1 aromatic heterocycles. The Bertz CT molecular complexity index is 368. The Kier molecular flexibility index (Phi) is 3.04. The lowest BCUT2D eigenvalue weighted by Crippen LogP contribution is -2.46. The van der Waals surface area contributed by atoms with Gasteiger partial charge in [0.25, 0.3) is 0 Å². The Balaban J connectivity index is 2.41. The summed E-state index contributed by atoms with van der Waals surface area (Å²) in [6.45, 7) is 5.30. The second-order valence-electron chi connectivity index (χ2n) is 4.69. The second-order valence-corrected chi connectivity index (χ2v) is 4.69. The molecule has 0 fully saturated rings. The molecule has 1 N–H and O–H groups in total. The zero-order valence-corrected chi connectivity index (χ0v) is 10.6. The molecule has 0 saturated carbocycles. The number of methoxy groups -OCH3 is 1. The molecule has 90 valence electrons. The Hall–Kier alpha value is -0.870. The van der Waals surface area contributed by atoms with Crippen LogP contribution >= 0.6 is 0 Å². The first-order valence-electron chi connectivity index (χ1n) is 5.91. The van der Waals surface area contributed by atoms with Crippen molar-refractivity contribution in [1.82, 2.24) is 14.9 Å². The molecule has 0 amide bonds. The molecule has 1 aliphatic rings. The van der Waals surface area contributed by atoms with E-state index < -0.39 is 0 Å². The molecule has 1 aromatic rings. The number of rotatable bonds is 3. The van der Waals surface area contributed by atoms with Gasteiger partial charge in [-0.15, -0.1) is 0 Å². The van der Waals surface area contributed by atoms with E-state index in [1.54, 1.807) is 7.11 Å².